The number of urea groups is 1. The van der Waals surface area contributed by atoms with Gasteiger partial charge in [-0.3, -0.25) is 4.79 Å². The van der Waals surface area contributed by atoms with E-state index in [1.54, 1.807) is 16.8 Å². The van der Waals surface area contributed by atoms with E-state index in [1.807, 2.05) is 13.8 Å². The highest BCUT2D eigenvalue weighted by Crippen LogP contribution is 2.18. The molecule has 0 bridgehead atoms. The van der Waals surface area contributed by atoms with Crippen LogP contribution in [0.25, 0.3) is 0 Å². The van der Waals surface area contributed by atoms with Gasteiger partial charge in [0, 0.05) is 26.2 Å². The highest BCUT2D eigenvalue weighted by Gasteiger charge is 2.29. The Morgan fingerprint density at radius 3 is 2.56 bits per heavy atom. The Kier molecular flexibility index (Phi) is 4.15. The van der Waals surface area contributed by atoms with Crippen molar-refractivity contribution in [1.82, 2.24) is 9.80 Å². The molecule has 1 aliphatic heterocycles. The van der Waals surface area contributed by atoms with Crippen LogP contribution in [0.1, 0.15) is 26.7 Å². The van der Waals surface area contributed by atoms with Crippen molar-refractivity contribution < 1.29 is 14.7 Å². The van der Waals surface area contributed by atoms with Crippen molar-refractivity contribution in [3.8, 4) is 0 Å². The predicted molar refractivity (Wildman–Crippen MR) is 60.2 cm³/mol. The summed E-state index contributed by atoms with van der Waals surface area (Å²) < 4.78 is 0. The largest absolute Gasteiger partial charge is 0.481 e. The molecule has 2 amide bonds. The molecule has 1 N–H and O–H groups in total. The maximum absolute atomic E-state index is 12.0. The van der Waals surface area contributed by atoms with Crippen LogP contribution < -0.4 is 0 Å². The number of likely N-dealkylation sites (tertiary alicyclic amines) is 1. The van der Waals surface area contributed by atoms with Crippen molar-refractivity contribution in [3.05, 3.63) is 0 Å². The molecule has 1 rings (SSSR count). The summed E-state index contributed by atoms with van der Waals surface area (Å²) in [5.74, 6) is -1.21. The molecule has 0 aromatic rings. The molecule has 0 aliphatic carbocycles. The third-order valence-corrected chi connectivity index (χ3v) is 3.12. The minimum atomic E-state index is -0.801. The first-order valence-electron chi connectivity index (χ1n) is 5.68. The van der Waals surface area contributed by atoms with Crippen LogP contribution in [0.5, 0.6) is 0 Å². The molecule has 1 saturated heterocycles. The molecule has 0 aromatic heterocycles. The Balaban J connectivity index is 2.60. The summed E-state index contributed by atoms with van der Waals surface area (Å²) in [6, 6.07) is 0.0682. The number of carbonyl (C=O) groups excluding carboxylic acids is 1. The highest BCUT2D eigenvalue weighted by atomic mass is 16.4. The predicted octanol–water partition coefficient (Wildman–Crippen LogP) is 1.24. The Morgan fingerprint density at radius 2 is 2.06 bits per heavy atom. The number of carbonyl (C=O) groups is 2. The molecule has 92 valence electrons. The minimum absolute atomic E-state index is 0.0686. The smallest absolute Gasteiger partial charge is 0.319 e. The fourth-order valence-electron chi connectivity index (χ4n) is 1.80. The number of nitrogens with zero attached hydrogens (tertiary/aromatic N) is 2. The first-order chi connectivity index (χ1) is 7.43. The summed E-state index contributed by atoms with van der Waals surface area (Å²) >= 11 is 0. The summed E-state index contributed by atoms with van der Waals surface area (Å²) in [7, 11) is 1.75. The van der Waals surface area contributed by atoms with E-state index in [0.717, 1.165) is 6.42 Å². The van der Waals surface area contributed by atoms with Crippen molar-refractivity contribution >= 4 is 12.0 Å². The lowest BCUT2D eigenvalue weighted by molar-refractivity contribution is -0.143. The topological polar surface area (TPSA) is 60.9 Å². The van der Waals surface area contributed by atoms with Gasteiger partial charge in [0.15, 0.2) is 0 Å². The van der Waals surface area contributed by atoms with E-state index < -0.39 is 11.9 Å². The molecule has 0 radical (unpaired) electrons. The molecular formula is C11H20N2O3. The zero-order valence-corrected chi connectivity index (χ0v) is 10.1. The number of rotatable bonds is 2. The first-order valence-corrected chi connectivity index (χ1v) is 5.68. The molecule has 0 unspecified atom stereocenters. The lowest BCUT2D eigenvalue weighted by Gasteiger charge is -2.35. The SMILES string of the molecule is CC(C)N(C)C(=O)N1CCC[C@H](C(=O)O)C1. The monoisotopic (exact) mass is 228 g/mol. The molecule has 1 heterocycles. The van der Waals surface area contributed by atoms with Crippen molar-refractivity contribution in [2.75, 3.05) is 20.1 Å². The Morgan fingerprint density at radius 1 is 1.44 bits per heavy atom. The van der Waals surface area contributed by atoms with E-state index in [-0.39, 0.29) is 12.1 Å². The number of piperidine rings is 1. The van der Waals surface area contributed by atoms with Crippen molar-refractivity contribution in [2.24, 2.45) is 5.92 Å². The molecule has 0 spiro atoms. The zero-order chi connectivity index (χ0) is 12.3. The third kappa shape index (κ3) is 2.87. The first kappa shape index (κ1) is 12.8. The van der Waals surface area contributed by atoms with Gasteiger partial charge in [-0.15, -0.1) is 0 Å². The fraction of sp³-hybridized carbons (Fsp3) is 0.818. The second-order valence-electron chi connectivity index (χ2n) is 4.61. The lowest BCUT2D eigenvalue weighted by atomic mass is 9.98. The van der Waals surface area contributed by atoms with E-state index >= 15 is 0 Å². The van der Waals surface area contributed by atoms with Crippen LogP contribution in [0.3, 0.4) is 0 Å². The van der Waals surface area contributed by atoms with E-state index in [1.165, 1.54) is 0 Å². The van der Waals surface area contributed by atoms with Gasteiger partial charge in [-0.1, -0.05) is 0 Å². The summed E-state index contributed by atoms with van der Waals surface area (Å²) in [5.41, 5.74) is 0. The van der Waals surface area contributed by atoms with Crippen LogP contribution in [-0.4, -0.2) is 53.1 Å². The molecule has 1 atom stereocenters. The van der Waals surface area contributed by atoms with Gasteiger partial charge in [-0.25, -0.2) is 4.79 Å². The van der Waals surface area contributed by atoms with Gasteiger partial charge in [-0.2, -0.15) is 0 Å². The summed E-state index contributed by atoms with van der Waals surface area (Å²) in [5, 5.41) is 8.93. The van der Waals surface area contributed by atoms with E-state index in [0.29, 0.717) is 19.5 Å². The maximum Gasteiger partial charge on any atom is 0.319 e. The van der Waals surface area contributed by atoms with Gasteiger partial charge in [0.2, 0.25) is 0 Å². The van der Waals surface area contributed by atoms with Crippen molar-refractivity contribution in [2.45, 2.75) is 32.7 Å². The van der Waals surface area contributed by atoms with E-state index in [2.05, 4.69) is 0 Å². The van der Waals surface area contributed by atoms with Crippen LogP contribution in [0.4, 0.5) is 4.79 Å². The second-order valence-corrected chi connectivity index (χ2v) is 4.61. The number of hydrogen-bond donors (Lipinski definition) is 1. The number of amides is 2. The van der Waals surface area contributed by atoms with Gasteiger partial charge in [0.25, 0.3) is 0 Å². The zero-order valence-electron chi connectivity index (χ0n) is 10.1. The van der Waals surface area contributed by atoms with Crippen LogP contribution in [0.2, 0.25) is 0 Å². The van der Waals surface area contributed by atoms with Gasteiger partial charge < -0.3 is 14.9 Å². The summed E-state index contributed by atoms with van der Waals surface area (Å²) in [4.78, 5) is 26.1. The summed E-state index contributed by atoms with van der Waals surface area (Å²) in [6.45, 7) is 4.89. The van der Waals surface area contributed by atoms with E-state index in [4.69, 9.17) is 5.11 Å². The van der Waals surface area contributed by atoms with E-state index in [9.17, 15) is 9.59 Å². The molecule has 5 heteroatoms. The van der Waals surface area contributed by atoms with Crippen LogP contribution in [0.15, 0.2) is 0 Å². The van der Waals surface area contributed by atoms with Crippen molar-refractivity contribution in [1.29, 1.82) is 0 Å². The Bertz CT molecular complexity index is 278. The molecule has 1 fully saturated rings. The molecule has 16 heavy (non-hydrogen) atoms. The van der Waals surface area contributed by atoms with Crippen molar-refractivity contribution in [3.63, 3.8) is 0 Å². The maximum atomic E-state index is 12.0. The normalized spacial score (nSPS) is 21.0. The summed E-state index contributed by atoms with van der Waals surface area (Å²) in [6.07, 6.45) is 1.44. The Labute approximate surface area is 96.0 Å². The average molecular weight is 228 g/mol. The Hall–Kier alpha value is -1.26. The number of aliphatic carboxylic acids is 1. The van der Waals surface area contributed by atoms with Gasteiger partial charge >= 0.3 is 12.0 Å². The third-order valence-electron chi connectivity index (χ3n) is 3.12. The van der Waals surface area contributed by atoms with Crippen LogP contribution in [0, 0.1) is 5.92 Å². The number of hydrogen-bond acceptors (Lipinski definition) is 2. The molecular weight excluding hydrogens is 208 g/mol. The molecule has 5 nitrogen and oxygen atoms in total. The molecule has 0 saturated carbocycles. The number of carboxylic acid groups (broad SMARTS) is 1. The highest BCUT2D eigenvalue weighted by molar-refractivity contribution is 5.76. The van der Waals surface area contributed by atoms with Gasteiger partial charge in [-0.05, 0) is 26.7 Å². The van der Waals surface area contributed by atoms with Crippen LogP contribution in [-0.2, 0) is 4.79 Å². The minimum Gasteiger partial charge on any atom is -0.481 e. The van der Waals surface area contributed by atoms with Gasteiger partial charge in [0.1, 0.15) is 0 Å². The lowest BCUT2D eigenvalue weighted by Crippen LogP contribution is -2.49. The second kappa shape index (κ2) is 5.18. The molecule has 1 aliphatic rings. The average Bonchev–Trinajstić information content (AvgIpc) is 2.27. The molecule has 0 aromatic carbocycles. The van der Waals surface area contributed by atoms with Gasteiger partial charge in [0.05, 0.1) is 5.92 Å². The standard InChI is InChI=1S/C11H20N2O3/c1-8(2)12(3)11(16)13-6-4-5-9(7-13)10(14)15/h8-9H,4-7H2,1-3H3,(H,14,15)/t9-/m0/s1. The fourth-order valence-corrected chi connectivity index (χ4v) is 1.80. The quantitative estimate of drug-likeness (QED) is 0.773. The number of carboxylic acids is 1. The van der Waals surface area contributed by atoms with Crippen LogP contribution >= 0.6 is 0 Å².